The van der Waals surface area contributed by atoms with Crippen molar-refractivity contribution in [3.8, 4) is 0 Å². The van der Waals surface area contributed by atoms with Crippen LogP contribution in [-0.4, -0.2) is 34.0 Å². The van der Waals surface area contributed by atoms with Crippen molar-refractivity contribution in [2.75, 3.05) is 13.1 Å². The predicted molar refractivity (Wildman–Crippen MR) is 54.6 cm³/mol. The highest BCUT2D eigenvalue weighted by atomic mass is 15.2. The second-order valence-electron chi connectivity index (χ2n) is 3.74. The molecule has 14 heavy (non-hydrogen) atoms. The van der Waals surface area contributed by atoms with E-state index in [1.807, 2.05) is 19.2 Å². The van der Waals surface area contributed by atoms with Crippen molar-refractivity contribution in [3.63, 3.8) is 0 Å². The Labute approximate surface area is 84.2 Å². The van der Waals surface area contributed by atoms with Crippen LogP contribution in [0.3, 0.4) is 0 Å². The Morgan fingerprint density at radius 3 is 3.07 bits per heavy atom. The van der Waals surface area contributed by atoms with Crippen LogP contribution in [-0.2, 0) is 6.54 Å². The number of likely N-dealkylation sites (tertiary alicyclic amines) is 1. The van der Waals surface area contributed by atoms with Crippen molar-refractivity contribution in [1.29, 1.82) is 0 Å². The summed E-state index contributed by atoms with van der Waals surface area (Å²) in [6.07, 6.45) is 3.04. The summed E-state index contributed by atoms with van der Waals surface area (Å²) in [5.41, 5.74) is 6.73. The molecule has 2 heterocycles. The Morgan fingerprint density at radius 2 is 2.50 bits per heavy atom. The summed E-state index contributed by atoms with van der Waals surface area (Å²) in [5, 5.41) is 0. The van der Waals surface area contributed by atoms with Crippen LogP contribution in [0.4, 0.5) is 0 Å². The third kappa shape index (κ3) is 1.91. The van der Waals surface area contributed by atoms with Crippen LogP contribution < -0.4 is 5.73 Å². The molecular weight excluding hydrogens is 176 g/mol. The monoisotopic (exact) mass is 192 g/mol. The minimum Gasteiger partial charge on any atom is -0.329 e. The summed E-state index contributed by atoms with van der Waals surface area (Å²) in [6, 6.07) is 2.53. The molecule has 1 aliphatic heterocycles. The van der Waals surface area contributed by atoms with Crippen LogP contribution in [0.1, 0.15) is 17.9 Å². The van der Waals surface area contributed by atoms with Gasteiger partial charge < -0.3 is 5.73 Å². The van der Waals surface area contributed by atoms with Crippen LogP contribution in [0.5, 0.6) is 0 Å². The topological polar surface area (TPSA) is 55.0 Å². The van der Waals surface area contributed by atoms with Crippen molar-refractivity contribution in [3.05, 3.63) is 23.8 Å². The number of hydrogen-bond acceptors (Lipinski definition) is 4. The second-order valence-corrected chi connectivity index (χ2v) is 3.74. The molecule has 0 radical (unpaired) electrons. The van der Waals surface area contributed by atoms with Crippen molar-refractivity contribution in [2.24, 2.45) is 5.73 Å². The van der Waals surface area contributed by atoms with Crippen LogP contribution in [0.15, 0.2) is 12.3 Å². The first-order chi connectivity index (χ1) is 6.79. The Balaban J connectivity index is 1.97. The molecule has 0 saturated carbocycles. The average molecular weight is 192 g/mol. The average Bonchev–Trinajstić information content (AvgIpc) is 2.14. The van der Waals surface area contributed by atoms with Gasteiger partial charge in [0.25, 0.3) is 0 Å². The number of nitrogens with zero attached hydrogens (tertiary/aromatic N) is 3. The van der Waals surface area contributed by atoms with Crippen molar-refractivity contribution < 1.29 is 0 Å². The van der Waals surface area contributed by atoms with Gasteiger partial charge in [-0.15, -0.1) is 0 Å². The molecule has 1 atom stereocenters. The number of hydrogen-bond donors (Lipinski definition) is 1. The highest BCUT2D eigenvalue weighted by molar-refractivity contribution is 5.03. The molecule has 0 spiro atoms. The van der Waals surface area contributed by atoms with Gasteiger partial charge >= 0.3 is 0 Å². The maximum absolute atomic E-state index is 5.63. The summed E-state index contributed by atoms with van der Waals surface area (Å²) in [4.78, 5) is 10.8. The van der Waals surface area contributed by atoms with Gasteiger partial charge in [0.15, 0.2) is 0 Å². The summed E-state index contributed by atoms with van der Waals surface area (Å²) < 4.78 is 0. The molecule has 0 amide bonds. The first-order valence-corrected chi connectivity index (χ1v) is 5.02. The van der Waals surface area contributed by atoms with E-state index in [0.717, 1.165) is 31.2 Å². The summed E-state index contributed by atoms with van der Waals surface area (Å²) in [6.45, 7) is 4.72. The lowest BCUT2D eigenvalue weighted by Crippen LogP contribution is -2.51. The molecule has 0 bridgehead atoms. The van der Waals surface area contributed by atoms with Crippen LogP contribution in [0, 0.1) is 6.92 Å². The zero-order valence-corrected chi connectivity index (χ0v) is 8.48. The van der Waals surface area contributed by atoms with Gasteiger partial charge in [-0.2, -0.15) is 0 Å². The van der Waals surface area contributed by atoms with E-state index >= 15 is 0 Å². The fraction of sp³-hybridized carbons (Fsp3) is 0.600. The van der Waals surface area contributed by atoms with E-state index in [2.05, 4.69) is 14.9 Å². The fourth-order valence-corrected chi connectivity index (χ4v) is 1.77. The zero-order valence-electron chi connectivity index (χ0n) is 8.48. The maximum atomic E-state index is 5.63. The minimum absolute atomic E-state index is 0.560. The van der Waals surface area contributed by atoms with E-state index in [9.17, 15) is 0 Å². The molecule has 1 aromatic heterocycles. The lowest BCUT2D eigenvalue weighted by Gasteiger charge is -2.40. The van der Waals surface area contributed by atoms with Gasteiger partial charge in [0.05, 0.1) is 5.69 Å². The first kappa shape index (κ1) is 9.55. The molecule has 1 saturated heterocycles. The fourth-order valence-electron chi connectivity index (χ4n) is 1.77. The zero-order chi connectivity index (χ0) is 9.97. The molecule has 4 nitrogen and oxygen atoms in total. The van der Waals surface area contributed by atoms with Gasteiger partial charge in [-0.05, 0) is 19.4 Å². The SMILES string of the molecule is Cc1nccc(CN2CCC2CN)n1. The highest BCUT2D eigenvalue weighted by Crippen LogP contribution is 2.18. The van der Waals surface area contributed by atoms with E-state index in [0.29, 0.717) is 6.04 Å². The van der Waals surface area contributed by atoms with Gasteiger partial charge in [-0.25, -0.2) is 9.97 Å². The first-order valence-electron chi connectivity index (χ1n) is 5.02. The molecule has 1 aliphatic rings. The molecule has 2 rings (SSSR count). The largest absolute Gasteiger partial charge is 0.329 e. The Morgan fingerprint density at radius 1 is 1.64 bits per heavy atom. The van der Waals surface area contributed by atoms with Gasteiger partial charge in [-0.3, -0.25) is 4.90 Å². The van der Waals surface area contributed by atoms with Crippen LogP contribution in [0.2, 0.25) is 0 Å². The predicted octanol–water partition coefficient (Wildman–Crippen LogP) is 0.318. The second kappa shape index (κ2) is 4.02. The maximum Gasteiger partial charge on any atom is 0.125 e. The number of nitrogens with two attached hydrogens (primary N) is 1. The van der Waals surface area contributed by atoms with Crippen molar-refractivity contribution in [1.82, 2.24) is 14.9 Å². The van der Waals surface area contributed by atoms with E-state index in [1.54, 1.807) is 0 Å². The molecule has 0 aromatic carbocycles. The Bertz CT molecular complexity index is 311. The normalized spacial score (nSPS) is 22.0. The molecule has 0 aliphatic carbocycles. The molecule has 1 aromatic rings. The smallest absolute Gasteiger partial charge is 0.125 e. The third-order valence-corrected chi connectivity index (χ3v) is 2.74. The Hall–Kier alpha value is -1.00. The highest BCUT2D eigenvalue weighted by Gasteiger charge is 2.26. The summed E-state index contributed by atoms with van der Waals surface area (Å²) in [5.74, 6) is 0.840. The molecular formula is C10H16N4. The van der Waals surface area contributed by atoms with Gasteiger partial charge in [0.1, 0.15) is 5.82 Å². The minimum atomic E-state index is 0.560. The standard InChI is InChI=1S/C10H16N4/c1-8-12-4-2-9(13-8)7-14-5-3-10(14)6-11/h2,4,10H,3,5-7,11H2,1H3. The van der Waals surface area contributed by atoms with E-state index < -0.39 is 0 Å². The van der Waals surface area contributed by atoms with Crippen LogP contribution >= 0.6 is 0 Å². The molecule has 1 unspecified atom stereocenters. The summed E-state index contributed by atoms with van der Waals surface area (Å²) in [7, 11) is 0. The lowest BCUT2D eigenvalue weighted by molar-refractivity contribution is 0.0866. The molecule has 4 heteroatoms. The van der Waals surface area contributed by atoms with Gasteiger partial charge in [0, 0.05) is 31.9 Å². The van der Waals surface area contributed by atoms with Crippen molar-refractivity contribution in [2.45, 2.75) is 25.9 Å². The van der Waals surface area contributed by atoms with Crippen LogP contribution in [0.25, 0.3) is 0 Å². The lowest BCUT2D eigenvalue weighted by atomic mass is 10.0. The summed E-state index contributed by atoms with van der Waals surface area (Å²) >= 11 is 0. The Kier molecular flexibility index (Phi) is 2.74. The van der Waals surface area contributed by atoms with E-state index in [1.165, 1.54) is 6.42 Å². The number of rotatable bonds is 3. The molecule has 2 N–H and O–H groups in total. The van der Waals surface area contributed by atoms with E-state index in [4.69, 9.17) is 5.73 Å². The molecule has 76 valence electrons. The number of aromatic nitrogens is 2. The molecule has 1 fully saturated rings. The van der Waals surface area contributed by atoms with Gasteiger partial charge in [0.2, 0.25) is 0 Å². The van der Waals surface area contributed by atoms with Gasteiger partial charge in [-0.1, -0.05) is 0 Å². The third-order valence-electron chi connectivity index (χ3n) is 2.74. The van der Waals surface area contributed by atoms with Crippen molar-refractivity contribution >= 4 is 0 Å². The number of aryl methyl sites for hydroxylation is 1. The van der Waals surface area contributed by atoms with E-state index in [-0.39, 0.29) is 0 Å². The quantitative estimate of drug-likeness (QED) is 0.749.